The minimum atomic E-state index is -0.165. The number of aromatic nitrogens is 3. The van der Waals surface area contributed by atoms with E-state index in [1.54, 1.807) is 22.0 Å². The number of hydrogen-bond acceptors (Lipinski definition) is 4. The number of rotatable bonds is 6. The fraction of sp³-hybridized carbons (Fsp3) is 0.217. The minimum Gasteiger partial charge on any atom is -0.346 e. The molecule has 7 heteroatoms. The molecular formula is C23H23N5O2. The van der Waals surface area contributed by atoms with E-state index in [9.17, 15) is 9.59 Å². The lowest BCUT2D eigenvalue weighted by molar-refractivity contribution is -0.117. The van der Waals surface area contributed by atoms with Crippen LogP contribution in [0.4, 0.5) is 5.69 Å². The van der Waals surface area contributed by atoms with Gasteiger partial charge in [0.25, 0.3) is 0 Å². The topological polar surface area (TPSA) is 80.1 Å². The molecular weight excluding hydrogens is 378 g/mol. The molecule has 1 aliphatic heterocycles. The molecule has 0 bridgehead atoms. The molecule has 1 saturated heterocycles. The van der Waals surface area contributed by atoms with Crippen molar-refractivity contribution < 1.29 is 9.59 Å². The zero-order valence-corrected chi connectivity index (χ0v) is 16.7. The van der Waals surface area contributed by atoms with E-state index in [1.165, 1.54) is 12.4 Å². The first kappa shape index (κ1) is 19.6. The Hall–Kier alpha value is -3.74. The molecule has 1 atom stereocenters. The second-order valence-electron chi connectivity index (χ2n) is 7.24. The summed E-state index contributed by atoms with van der Waals surface area (Å²) in [5.74, 6) is 0.00243. The lowest BCUT2D eigenvalue weighted by atomic mass is 10.1. The average molecular weight is 401 g/mol. The van der Waals surface area contributed by atoms with Gasteiger partial charge in [-0.2, -0.15) is 5.10 Å². The van der Waals surface area contributed by atoms with Crippen LogP contribution < -0.4 is 10.2 Å². The number of hydrogen-bond donors (Lipinski definition) is 1. The summed E-state index contributed by atoms with van der Waals surface area (Å²) in [7, 11) is 0. The fourth-order valence-electron chi connectivity index (χ4n) is 3.46. The van der Waals surface area contributed by atoms with Crippen molar-refractivity contribution in [2.75, 3.05) is 11.4 Å². The molecule has 2 aromatic carbocycles. The third-order valence-corrected chi connectivity index (χ3v) is 5.14. The molecule has 1 fully saturated rings. The van der Waals surface area contributed by atoms with Crippen LogP contribution in [0.1, 0.15) is 36.9 Å². The SMILES string of the molecule is CC(NC(=O)/C=C/c1ccc(N2CCCC2=O)cc1)c1ccc(-n2cncn2)cc1. The highest BCUT2D eigenvalue weighted by atomic mass is 16.2. The van der Waals surface area contributed by atoms with Crippen LogP contribution in [0.25, 0.3) is 11.8 Å². The Balaban J connectivity index is 1.33. The highest BCUT2D eigenvalue weighted by molar-refractivity contribution is 5.95. The van der Waals surface area contributed by atoms with E-state index in [4.69, 9.17) is 0 Å². The quantitative estimate of drug-likeness (QED) is 0.643. The second-order valence-corrected chi connectivity index (χ2v) is 7.24. The van der Waals surface area contributed by atoms with Crippen molar-refractivity contribution in [3.05, 3.63) is 78.4 Å². The van der Waals surface area contributed by atoms with E-state index >= 15 is 0 Å². The molecule has 1 aromatic heterocycles. The number of nitrogens with zero attached hydrogens (tertiary/aromatic N) is 4. The maximum Gasteiger partial charge on any atom is 0.244 e. The number of amides is 2. The molecule has 2 amide bonds. The first-order chi connectivity index (χ1) is 14.6. The number of carbonyl (C=O) groups is 2. The Morgan fingerprint density at radius 3 is 2.47 bits per heavy atom. The molecule has 7 nitrogen and oxygen atoms in total. The Kier molecular flexibility index (Phi) is 5.70. The van der Waals surface area contributed by atoms with E-state index < -0.39 is 0 Å². The number of benzene rings is 2. The number of anilines is 1. The largest absolute Gasteiger partial charge is 0.346 e. The maximum absolute atomic E-state index is 12.3. The predicted molar refractivity (Wildman–Crippen MR) is 115 cm³/mol. The van der Waals surface area contributed by atoms with Gasteiger partial charge in [0.1, 0.15) is 12.7 Å². The van der Waals surface area contributed by atoms with Gasteiger partial charge in [0.15, 0.2) is 0 Å². The van der Waals surface area contributed by atoms with Crippen LogP contribution in [-0.4, -0.2) is 33.1 Å². The van der Waals surface area contributed by atoms with Gasteiger partial charge < -0.3 is 10.2 Å². The molecule has 1 unspecified atom stereocenters. The first-order valence-corrected chi connectivity index (χ1v) is 9.94. The molecule has 0 spiro atoms. The summed E-state index contributed by atoms with van der Waals surface area (Å²) in [5, 5.41) is 7.07. The number of carbonyl (C=O) groups excluding carboxylic acids is 2. The van der Waals surface area contributed by atoms with Gasteiger partial charge in [0.2, 0.25) is 11.8 Å². The Bertz CT molecular complexity index is 1040. The van der Waals surface area contributed by atoms with Crippen LogP contribution >= 0.6 is 0 Å². The Morgan fingerprint density at radius 2 is 1.83 bits per heavy atom. The van der Waals surface area contributed by atoms with Crippen molar-refractivity contribution in [3.8, 4) is 5.69 Å². The van der Waals surface area contributed by atoms with E-state index in [0.717, 1.165) is 35.5 Å². The molecule has 152 valence electrons. The molecule has 2 heterocycles. The highest BCUT2D eigenvalue weighted by Crippen LogP contribution is 2.22. The molecule has 4 rings (SSSR count). The van der Waals surface area contributed by atoms with Crippen LogP contribution in [0.5, 0.6) is 0 Å². The summed E-state index contributed by atoms with van der Waals surface area (Å²) in [6.45, 7) is 2.71. The summed E-state index contributed by atoms with van der Waals surface area (Å²) < 4.78 is 1.68. The third-order valence-electron chi connectivity index (χ3n) is 5.14. The standard InChI is InChI=1S/C23H23N5O2/c1-17(19-7-11-21(12-8-19)28-16-24-15-25-28)26-22(29)13-6-18-4-9-20(10-5-18)27-14-2-3-23(27)30/h4-13,15-17H,2-3,14H2,1H3,(H,26,29)/b13-6+. The molecule has 1 N–H and O–H groups in total. The van der Waals surface area contributed by atoms with Gasteiger partial charge in [-0.25, -0.2) is 9.67 Å². The summed E-state index contributed by atoms with van der Waals surface area (Å²) in [4.78, 5) is 29.9. The number of nitrogens with one attached hydrogen (secondary N) is 1. The highest BCUT2D eigenvalue weighted by Gasteiger charge is 2.21. The fourth-order valence-corrected chi connectivity index (χ4v) is 3.46. The third kappa shape index (κ3) is 4.46. The molecule has 0 saturated carbocycles. The van der Waals surface area contributed by atoms with Gasteiger partial charge in [-0.15, -0.1) is 0 Å². The van der Waals surface area contributed by atoms with Gasteiger partial charge in [-0.05, 0) is 54.8 Å². The molecule has 1 aliphatic rings. The monoisotopic (exact) mass is 401 g/mol. The van der Waals surface area contributed by atoms with E-state index in [1.807, 2.05) is 55.5 Å². The zero-order valence-electron chi connectivity index (χ0n) is 16.7. The van der Waals surface area contributed by atoms with E-state index in [-0.39, 0.29) is 17.9 Å². The van der Waals surface area contributed by atoms with Crippen molar-refractivity contribution in [1.82, 2.24) is 20.1 Å². The summed E-state index contributed by atoms with van der Waals surface area (Å²) >= 11 is 0. The van der Waals surface area contributed by atoms with Gasteiger partial charge in [0, 0.05) is 24.7 Å². The minimum absolute atomic E-state index is 0.129. The normalized spacial score (nSPS) is 15.0. The molecule has 30 heavy (non-hydrogen) atoms. The average Bonchev–Trinajstić information content (AvgIpc) is 3.45. The van der Waals surface area contributed by atoms with Crippen LogP contribution in [0.3, 0.4) is 0 Å². The summed E-state index contributed by atoms with van der Waals surface area (Å²) in [6.07, 6.45) is 7.94. The maximum atomic E-state index is 12.3. The van der Waals surface area contributed by atoms with Crippen LogP contribution in [0, 0.1) is 0 Å². The molecule has 0 radical (unpaired) electrons. The molecule has 0 aliphatic carbocycles. The zero-order chi connectivity index (χ0) is 20.9. The molecule has 3 aromatic rings. The predicted octanol–water partition coefficient (Wildman–Crippen LogP) is 3.28. The summed E-state index contributed by atoms with van der Waals surface area (Å²) in [5.41, 5.74) is 3.72. The smallest absolute Gasteiger partial charge is 0.244 e. The van der Waals surface area contributed by atoms with Crippen LogP contribution in [0.15, 0.2) is 67.3 Å². The van der Waals surface area contributed by atoms with Crippen molar-refractivity contribution >= 4 is 23.6 Å². The van der Waals surface area contributed by atoms with Crippen molar-refractivity contribution in [3.63, 3.8) is 0 Å². The first-order valence-electron chi connectivity index (χ1n) is 9.94. The van der Waals surface area contributed by atoms with E-state index in [0.29, 0.717) is 6.42 Å². The van der Waals surface area contributed by atoms with Crippen LogP contribution in [0.2, 0.25) is 0 Å². The summed E-state index contributed by atoms with van der Waals surface area (Å²) in [6, 6.07) is 15.3. The Labute approximate surface area is 175 Å². The van der Waals surface area contributed by atoms with Crippen molar-refractivity contribution in [1.29, 1.82) is 0 Å². The second kappa shape index (κ2) is 8.73. The van der Waals surface area contributed by atoms with Crippen LogP contribution in [-0.2, 0) is 9.59 Å². The lowest BCUT2D eigenvalue weighted by Crippen LogP contribution is -2.24. The lowest BCUT2D eigenvalue weighted by Gasteiger charge is -2.15. The van der Waals surface area contributed by atoms with Gasteiger partial charge in [0.05, 0.1) is 11.7 Å². The van der Waals surface area contributed by atoms with Gasteiger partial charge in [-0.1, -0.05) is 24.3 Å². The van der Waals surface area contributed by atoms with E-state index in [2.05, 4.69) is 15.4 Å². The van der Waals surface area contributed by atoms with Gasteiger partial charge in [-0.3, -0.25) is 9.59 Å². The van der Waals surface area contributed by atoms with Crippen molar-refractivity contribution in [2.24, 2.45) is 0 Å². The van der Waals surface area contributed by atoms with Gasteiger partial charge >= 0.3 is 0 Å². The Morgan fingerprint density at radius 1 is 1.10 bits per heavy atom. The van der Waals surface area contributed by atoms with Crippen molar-refractivity contribution in [2.45, 2.75) is 25.8 Å².